The van der Waals surface area contributed by atoms with Crippen molar-refractivity contribution < 1.29 is 22.0 Å². The monoisotopic (exact) mass is 361 g/mol. The molecule has 1 aliphatic carbocycles. The van der Waals surface area contributed by atoms with Crippen molar-refractivity contribution in [3.8, 4) is 0 Å². The van der Waals surface area contributed by atoms with E-state index in [0.717, 1.165) is 6.07 Å². The number of pyridine rings is 1. The lowest BCUT2D eigenvalue weighted by Crippen LogP contribution is -2.28. The van der Waals surface area contributed by atoms with Crippen LogP contribution in [0.15, 0.2) is 11.1 Å². The third kappa shape index (κ3) is 3.30. The van der Waals surface area contributed by atoms with Gasteiger partial charge in [-0.1, -0.05) is 6.92 Å². The van der Waals surface area contributed by atoms with Crippen LogP contribution in [0, 0.1) is 23.7 Å². The zero-order chi connectivity index (χ0) is 19.2. The Kier molecular flexibility index (Phi) is 4.78. The standard InChI is InChI=1S/C17H20F5N3/c1-5-16(17(20,21)22)8-12(16)13(23)10-7-11(15(4,18)19)9(3)25-14(10)24-6-2/h6-7,12,23H,5,8H2,1-4H3. The maximum absolute atomic E-state index is 13.8. The Hall–Kier alpha value is -1.86. The second-order valence-electron chi connectivity index (χ2n) is 6.45. The molecule has 3 nitrogen and oxygen atoms in total. The Bertz CT molecular complexity index is 718. The predicted octanol–water partition coefficient (Wildman–Crippen LogP) is 5.57. The minimum absolute atomic E-state index is 0.00271. The van der Waals surface area contributed by atoms with Crippen LogP contribution in [0.1, 0.15) is 50.4 Å². The molecule has 1 heterocycles. The molecule has 0 amide bonds. The average molecular weight is 361 g/mol. The first kappa shape index (κ1) is 19.5. The summed E-state index contributed by atoms with van der Waals surface area (Å²) in [5.74, 6) is -4.28. The first-order valence-corrected chi connectivity index (χ1v) is 7.93. The summed E-state index contributed by atoms with van der Waals surface area (Å²) in [6.45, 7) is 5.08. The summed E-state index contributed by atoms with van der Waals surface area (Å²) in [5, 5.41) is 8.22. The molecule has 2 unspecified atom stereocenters. The van der Waals surface area contributed by atoms with Gasteiger partial charge in [0.25, 0.3) is 5.92 Å². The van der Waals surface area contributed by atoms with Crippen molar-refractivity contribution in [3.05, 3.63) is 22.9 Å². The quantitative estimate of drug-likeness (QED) is 0.541. The van der Waals surface area contributed by atoms with Gasteiger partial charge in [-0.15, -0.1) is 0 Å². The van der Waals surface area contributed by atoms with Crippen molar-refractivity contribution in [1.82, 2.24) is 4.98 Å². The van der Waals surface area contributed by atoms with Gasteiger partial charge in [0.05, 0.1) is 5.41 Å². The number of rotatable bonds is 5. The molecule has 2 atom stereocenters. The number of hydrogen-bond donors (Lipinski definition) is 1. The molecule has 1 saturated carbocycles. The molecule has 1 fully saturated rings. The van der Waals surface area contributed by atoms with Crippen LogP contribution < -0.4 is 0 Å². The van der Waals surface area contributed by atoms with Crippen molar-refractivity contribution in [3.63, 3.8) is 0 Å². The summed E-state index contributed by atoms with van der Waals surface area (Å²) in [6, 6.07) is 1.06. The van der Waals surface area contributed by atoms with E-state index in [9.17, 15) is 22.0 Å². The highest BCUT2D eigenvalue weighted by Crippen LogP contribution is 2.65. The molecule has 2 rings (SSSR count). The van der Waals surface area contributed by atoms with Crippen LogP contribution in [0.5, 0.6) is 0 Å². The Morgan fingerprint density at radius 1 is 1.40 bits per heavy atom. The molecule has 8 heteroatoms. The summed E-state index contributed by atoms with van der Waals surface area (Å²) in [7, 11) is 0. The molecule has 1 aliphatic rings. The van der Waals surface area contributed by atoms with Gasteiger partial charge < -0.3 is 5.41 Å². The molecule has 1 aromatic rings. The minimum atomic E-state index is -4.44. The Labute approximate surface area is 142 Å². The van der Waals surface area contributed by atoms with Gasteiger partial charge in [0, 0.05) is 41.6 Å². The maximum Gasteiger partial charge on any atom is 0.395 e. The maximum atomic E-state index is 13.8. The molecule has 0 radical (unpaired) electrons. The second-order valence-corrected chi connectivity index (χ2v) is 6.45. The number of aliphatic imine (C=N–C) groups is 1. The molecule has 1 aromatic heterocycles. The van der Waals surface area contributed by atoms with Crippen molar-refractivity contribution in [1.29, 1.82) is 5.41 Å². The van der Waals surface area contributed by atoms with Crippen LogP contribution in [0.4, 0.5) is 27.8 Å². The van der Waals surface area contributed by atoms with Crippen LogP contribution in [0.2, 0.25) is 0 Å². The van der Waals surface area contributed by atoms with E-state index in [-0.39, 0.29) is 35.6 Å². The number of aryl methyl sites for hydroxylation is 1. The van der Waals surface area contributed by atoms with Gasteiger partial charge in [-0.05, 0) is 32.8 Å². The Balaban J connectivity index is 2.53. The summed E-state index contributed by atoms with van der Waals surface area (Å²) < 4.78 is 67.6. The number of aromatic nitrogens is 1. The normalized spacial score (nSPS) is 24.0. The van der Waals surface area contributed by atoms with E-state index in [1.807, 2.05) is 0 Å². The molecular formula is C17H20F5N3. The van der Waals surface area contributed by atoms with E-state index in [0.29, 0.717) is 6.92 Å². The lowest BCUT2D eigenvalue weighted by Gasteiger charge is -2.21. The van der Waals surface area contributed by atoms with Crippen LogP contribution in [0.25, 0.3) is 0 Å². The van der Waals surface area contributed by atoms with Crippen molar-refractivity contribution in [2.75, 3.05) is 0 Å². The van der Waals surface area contributed by atoms with Gasteiger partial charge in [-0.2, -0.15) is 13.2 Å². The van der Waals surface area contributed by atoms with Crippen molar-refractivity contribution in [2.45, 2.75) is 52.6 Å². The third-order valence-electron chi connectivity index (χ3n) is 4.83. The van der Waals surface area contributed by atoms with Crippen LogP contribution >= 0.6 is 0 Å². The zero-order valence-corrected chi connectivity index (χ0v) is 14.4. The summed E-state index contributed by atoms with van der Waals surface area (Å²) in [5.41, 5.74) is -2.73. The van der Waals surface area contributed by atoms with Gasteiger partial charge in [-0.25, -0.2) is 18.8 Å². The molecule has 0 aliphatic heterocycles. The predicted molar refractivity (Wildman–Crippen MR) is 86.1 cm³/mol. The topological polar surface area (TPSA) is 49.1 Å². The van der Waals surface area contributed by atoms with Crippen LogP contribution in [-0.2, 0) is 5.92 Å². The lowest BCUT2D eigenvalue weighted by molar-refractivity contribution is -0.190. The van der Waals surface area contributed by atoms with Crippen molar-refractivity contribution in [2.24, 2.45) is 16.3 Å². The lowest BCUT2D eigenvalue weighted by atomic mass is 9.93. The van der Waals surface area contributed by atoms with Gasteiger partial charge >= 0.3 is 6.18 Å². The number of alkyl halides is 5. The molecule has 138 valence electrons. The van der Waals surface area contributed by atoms with E-state index < -0.39 is 29.0 Å². The minimum Gasteiger partial charge on any atom is -0.304 e. The van der Waals surface area contributed by atoms with Gasteiger partial charge in [0.15, 0.2) is 5.82 Å². The van der Waals surface area contributed by atoms with Gasteiger partial charge in [0.1, 0.15) is 0 Å². The number of nitrogens with one attached hydrogen (secondary N) is 1. The zero-order valence-electron chi connectivity index (χ0n) is 14.4. The van der Waals surface area contributed by atoms with Crippen molar-refractivity contribution >= 4 is 17.7 Å². The van der Waals surface area contributed by atoms with Gasteiger partial charge in [0.2, 0.25) is 0 Å². The molecular weight excluding hydrogens is 341 g/mol. The summed E-state index contributed by atoms with van der Waals surface area (Å²) in [6.07, 6.45) is -3.45. The van der Waals surface area contributed by atoms with Crippen LogP contribution in [0.3, 0.4) is 0 Å². The summed E-state index contributed by atoms with van der Waals surface area (Å²) in [4.78, 5) is 7.95. The van der Waals surface area contributed by atoms with E-state index in [4.69, 9.17) is 5.41 Å². The molecule has 0 spiro atoms. The molecule has 0 aromatic carbocycles. The number of halogens is 5. The SMILES string of the molecule is CC=Nc1nc(C)c(C(C)(F)F)cc1C(=N)C1CC1(CC)C(F)(F)F. The first-order valence-electron chi connectivity index (χ1n) is 7.93. The molecule has 1 N–H and O–H groups in total. The van der Waals surface area contributed by atoms with E-state index in [2.05, 4.69) is 9.98 Å². The Morgan fingerprint density at radius 2 is 2.00 bits per heavy atom. The fourth-order valence-electron chi connectivity index (χ4n) is 3.23. The highest BCUT2D eigenvalue weighted by Gasteiger charge is 2.70. The Morgan fingerprint density at radius 3 is 2.40 bits per heavy atom. The molecule has 25 heavy (non-hydrogen) atoms. The van der Waals surface area contributed by atoms with Crippen LogP contribution in [-0.4, -0.2) is 23.1 Å². The number of hydrogen-bond acceptors (Lipinski definition) is 3. The van der Waals surface area contributed by atoms with E-state index in [1.54, 1.807) is 6.92 Å². The van der Waals surface area contributed by atoms with E-state index in [1.165, 1.54) is 20.1 Å². The fourth-order valence-corrected chi connectivity index (χ4v) is 3.23. The largest absolute Gasteiger partial charge is 0.395 e. The highest BCUT2D eigenvalue weighted by molar-refractivity contribution is 6.06. The highest BCUT2D eigenvalue weighted by atomic mass is 19.4. The molecule has 0 saturated heterocycles. The third-order valence-corrected chi connectivity index (χ3v) is 4.83. The number of nitrogens with zero attached hydrogens (tertiary/aromatic N) is 2. The smallest absolute Gasteiger partial charge is 0.304 e. The summed E-state index contributed by atoms with van der Waals surface area (Å²) >= 11 is 0. The molecule has 0 bridgehead atoms. The van der Waals surface area contributed by atoms with E-state index >= 15 is 0 Å². The average Bonchev–Trinajstić information content (AvgIpc) is 3.21. The second kappa shape index (κ2) is 6.14. The fraction of sp³-hybridized carbons (Fsp3) is 0.588. The first-order chi connectivity index (χ1) is 11.4. The van der Waals surface area contributed by atoms with Gasteiger partial charge in [-0.3, -0.25) is 0 Å².